The number of aromatic amines is 1. The molecule has 2 aromatic heterocycles. The topological polar surface area (TPSA) is 61.7 Å². The number of fused-ring (bicyclic) bond motifs is 2. The highest BCUT2D eigenvalue weighted by Gasteiger charge is 2.13. The lowest BCUT2D eigenvalue weighted by molar-refractivity contribution is 0.420. The van der Waals surface area contributed by atoms with Gasteiger partial charge in [0.1, 0.15) is 5.75 Å². The largest absolute Gasteiger partial charge is 0.496 e. The number of H-pyrrole nitrogens is 1. The molecule has 0 atom stereocenters. The minimum Gasteiger partial charge on any atom is -0.496 e. The summed E-state index contributed by atoms with van der Waals surface area (Å²) in [6.45, 7) is 0. The number of pyridine rings is 1. The van der Waals surface area contributed by atoms with Gasteiger partial charge in [-0.05, 0) is 35.2 Å². The number of nitriles is 1. The molecule has 0 spiro atoms. The molecule has 0 fully saturated rings. The second-order valence-corrected chi connectivity index (χ2v) is 5.70. The maximum atomic E-state index is 9.77. The smallest absolute Gasteiger partial charge is 0.128 e. The van der Waals surface area contributed by atoms with Crippen LogP contribution in [0.1, 0.15) is 11.1 Å². The fourth-order valence-electron chi connectivity index (χ4n) is 3.13. The number of benzene rings is 2. The maximum absolute atomic E-state index is 9.77. The van der Waals surface area contributed by atoms with Crippen LogP contribution in [0.4, 0.5) is 0 Å². The zero-order chi connectivity index (χ0) is 17.2. The molecule has 25 heavy (non-hydrogen) atoms. The van der Waals surface area contributed by atoms with Crippen LogP contribution in [-0.2, 0) is 0 Å². The fraction of sp³-hybridized carbons (Fsp3) is 0.0476. The summed E-state index contributed by atoms with van der Waals surface area (Å²) in [6, 6.07) is 16.1. The van der Waals surface area contributed by atoms with E-state index in [-0.39, 0.29) is 0 Å². The van der Waals surface area contributed by atoms with E-state index in [9.17, 15) is 5.26 Å². The van der Waals surface area contributed by atoms with E-state index in [1.807, 2.05) is 60.9 Å². The highest BCUT2D eigenvalue weighted by molar-refractivity contribution is 6.05. The molecule has 4 nitrogen and oxygen atoms in total. The molecule has 0 saturated carbocycles. The van der Waals surface area contributed by atoms with Gasteiger partial charge < -0.3 is 9.72 Å². The molecule has 0 bridgehead atoms. The van der Waals surface area contributed by atoms with Gasteiger partial charge in [0.15, 0.2) is 0 Å². The average Bonchev–Trinajstić information content (AvgIpc) is 3.10. The van der Waals surface area contributed by atoms with E-state index < -0.39 is 0 Å². The second-order valence-electron chi connectivity index (χ2n) is 5.70. The van der Waals surface area contributed by atoms with E-state index in [0.717, 1.165) is 38.6 Å². The molecular weight excluding hydrogens is 310 g/mol. The van der Waals surface area contributed by atoms with Crippen LogP contribution in [0.2, 0.25) is 0 Å². The van der Waals surface area contributed by atoms with Crippen LogP contribution in [0.25, 0.3) is 33.3 Å². The molecular formula is C21H15N3O. The van der Waals surface area contributed by atoms with Crippen molar-refractivity contribution in [3.05, 3.63) is 72.2 Å². The molecule has 0 unspecified atom stereocenters. The number of nitrogens with one attached hydrogen (secondary N) is 1. The summed E-state index contributed by atoms with van der Waals surface area (Å²) in [7, 11) is 1.64. The predicted octanol–water partition coefficient (Wildman–Crippen LogP) is 4.79. The first-order chi connectivity index (χ1) is 12.3. The van der Waals surface area contributed by atoms with Crippen molar-refractivity contribution in [2.45, 2.75) is 0 Å². The molecule has 2 heterocycles. The van der Waals surface area contributed by atoms with Gasteiger partial charge in [0.05, 0.1) is 24.1 Å². The summed E-state index contributed by atoms with van der Waals surface area (Å²) in [6.07, 6.45) is 7.36. The number of ether oxygens (including phenoxy) is 1. The SMILES string of the molecule is COc1cccc2[nH]cc(/C(C#N)=C/c3cccc4cnccc34)c12. The number of aromatic nitrogens is 2. The first kappa shape index (κ1) is 15.0. The van der Waals surface area contributed by atoms with Crippen molar-refractivity contribution in [1.82, 2.24) is 9.97 Å². The molecule has 120 valence electrons. The highest BCUT2D eigenvalue weighted by atomic mass is 16.5. The van der Waals surface area contributed by atoms with Gasteiger partial charge >= 0.3 is 0 Å². The van der Waals surface area contributed by atoms with Gasteiger partial charge in [-0.15, -0.1) is 0 Å². The number of nitrogens with zero attached hydrogens (tertiary/aromatic N) is 2. The third kappa shape index (κ3) is 2.52. The number of hydrogen-bond acceptors (Lipinski definition) is 3. The van der Waals surface area contributed by atoms with Crippen molar-refractivity contribution < 1.29 is 4.74 Å². The zero-order valence-electron chi connectivity index (χ0n) is 13.7. The van der Waals surface area contributed by atoms with E-state index in [0.29, 0.717) is 5.57 Å². The molecule has 0 aliphatic carbocycles. The van der Waals surface area contributed by atoms with Crippen LogP contribution >= 0.6 is 0 Å². The van der Waals surface area contributed by atoms with E-state index >= 15 is 0 Å². The Hall–Kier alpha value is -3.58. The molecule has 0 saturated heterocycles. The van der Waals surface area contributed by atoms with E-state index in [2.05, 4.69) is 16.0 Å². The first-order valence-electron chi connectivity index (χ1n) is 7.91. The van der Waals surface area contributed by atoms with Gasteiger partial charge in [0, 0.05) is 35.1 Å². The monoisotopic (exact) mass is 325 g/mol. The van der Waals surface area contributed by atoms with E-state index in [1.54, 1.807) is 13.3 Å². The van der Waals surface area contributed by atoms with E-state index in [1.165, 1.54) is 0 Å². The zero-order valence-corrected chi connectivity index (χ0v) is 13.7. The van der Waals surface area contributed by atoms with Crippen LogP contribution < -0.4 is 4.74 Å². The van der Waals surface area contributed by atoms with Crippen molar-refractivity contribution in [3.8, 4) is 11.8 Å². The quantitative estimate of drug-likeness (QED) is 0.551. The predicted molar refractivity (Wildman–Crippen MR) is 100 cm³/mol. The normalized spacial score (nSPS) is 11.6. The average molecular weight is 325 g/mol. The van der Waals surface area contributed by atoms with Crippen molar-refractivity contribution >= 4 is 33.3 Å². The minimum absolute atomic E-state index is 0.583. The van der Waals surface area contributed by atoms with Crippen molar-refractivity contribution in [2.24, 2.45) is 0 Å². The Morgan fingerprint density at radius 2 is 2.08 bits per heavy atom. The summed E-state index contributed by atoms with van der Waals surface area (Å²) < 4.78 is 5.48. The summed E-state index contributed by atoms with van der Waals surface area (Å²) >= 11 is 0. The molecule has 4 heteroatoms. The van der Waals surface area contributed by atoms with Crippen LogP contribution in [-0.4, -0.2) is 17.1 Å². The Morgan fingerprint density at radius 1 is 1.20 bits per heavy atom. The Labute approximate surface area is 145 Å². The molecule has 0 aliphatic rings. The third-order valence-electron chi connectivity index (χ3n) is 4.31. The standard InChI is InChI=1S/C21H15N3O/c1-25-20-7-3-6-19-21(20)18(13-24-19)16(11-22)10-14-4-2-5-15-12-23-9-8-17(14)15/h2-10,12-13,24H,1H3/b16-10+. The molecule has 0 radical (unpaired) electrons. The summed E-state index contributed by atoms with van der Waals surface area (Å²) in [4.78, 5) is 7.38. The number of hydrogen-bond donors (Lipinski definition) is 1. The minimum atomic E-state index is 0.583. The molecule has 0 amide bonds. The van der Waals surface area contributed by atoms with Crippen LogP contribution in [0, 0.1) is 11.3 Å². The van der Waals surface area contributed by atoms with Gasteiger partial charge in [-0.2, -0.15) is 5.26 Å². The molecule has 2 aromatic carbocycles. The lowest BCUT2D eigenvalue weighted by Crippen LogP contribution is -1.87. The Morgan fingerprint density at radius 3 is 2.92 bits per heavy atom. The Bertz CT molecular complexity index is 1140. The number of allylic oxidation sites excluding steroid dienone is 1. The Balaban J connectivity index is 1.95. The van der Waals surface area contributed by atoms with Gasteiger partial charge in [-0.3, -0.25) is 4.98 Å². The van der Waals surface area contributed by atoms with Gasteiger partial charge in [0.25, 0.3) is 0 Å². The van der Waals surface area contributed by atoms with Crippen molar-refractivity contribution in [3.63, 3.8) is 0 Å². The van der Waals surface area contributed by atoms with Gasteiger partial charge in [-0.1, -0.05) is 24.3 Å². The summed E-state index contributed by atoms with van der Waals surface area (Å²) in [5.41, 5.74) is 3.35. The molecule has 1 N–H and O–H groups in total. The Kier molecular flexibility index (Phi) is 3.68. The molecule has 4 rings (SSSR count). The lowest BCUT2D eigenvalue weighted by atomic mass is 10.00. The summed E-state index contributed by atoms with van der Waals surface area (Å²) in [5, 5.41) is 12.8. The van der Waals surface area contributed by atoms with Crippen molar-refractivity contribution in [1.29, 1.82) is 5.26 Å². The van der Waals surface area contributed by atoms with Gasteiger partial charge in [0.2, 0.25) is 0 Å². The van der Waals surface area contributed by atoms with E-state index in [4.69, 9.17) is 4.74 Å². The molecule has 0 aliphatic heterocycles. The first-order valence-corrected chi connectivity index (χ1v) is 7.91. The second kappa shape index (κ2) is 6.14. The summed E-state index contributed by atoms with van der Waals surface area (Å²) in [5.74, 6) is 0.747. The van der Waals surface area contributed by atoms with Crippen LogP contribution in [0.3, 0.4) is 0 Å². The van der Waals surface area contributed by atoms with Crippen LogP contribution in [0.5, 0.6) is 5.75 Å². The molecule has 4 aromatic rings. The third-order valence-corrected chi connectivity index (χ3v) is 4.31. The van der Waals surface area contributed by atoms with Gasteiger partial charge in [-0.25, -0.2) is 0 Å². The fourth-order valence-corrected chi connectivity index (χ4v) is 3.13. The highest BCUT2D eigenvalue weighted by Crippen LogP contribution is 2.34. The number of rotatable bonds is 3. The van der Waals surface area contributed by atoms with Crippen molar-refractivity contribution in [2.75, 3.05) is 7.11 Å². The maximum Gasteiger partial charge on any atom is 0.128 e. The lowest BCUT2D eigenvalue weighted by Gasteiger charge is -2.05. The number of methoxy groups -OCH3 is 1. The van der Waals surface area contributed by atoms with Crippen LogP contribution in [0.15, 0.2) is 61.1 Å².